The number of fused-ring (bicyclic) bond motifs is 3. The monoisotopic (exact) mass is 255 g/mol. The van der Waals surface area contributed by atoms with E-state index in [1.54, 1.807) is 0 Å². The van der Waals surface area contributed by atoms with E-state index in [2.05, 4.69) is 27.4 Å². The Labute approximate surface area is 110 Å². The molecule has 4 nitrogen and oxygen atoms in total. The van der Waals surface area contributed by atoms with Gasteiger partial charge in [0, 0.05) is 12.2 Å². The van der Waals surface area contributed by atoms with E-state index in [1.807, 2.05) is 18.2 Å². The van der Waals surface area contributed by atoms with Gasteiger partial charge in [0.05, 0.1) is 11.0 Å². The quantitative estimate of drug-likeness (QED) is 0.738. The molecule has 1 heterocycles. The maximum Gasteiger partial charge on any atom is 0.323 e. The van der Waals surface area contributed by atoms with Gasteiger partial charge in [-0.1, -0.05) is 12.2 Å². The molecule has 0 aliphatic heterocycles. The third kappa shape index (κ3) is 1.87. The first-order valence-corrected chi connectivity index (χ1v) is 6.92. The number of benzene rings is 1. The highest BCUT2D eigenvalue weighted by atomic mass is 16.1. The normalized spacial score (nSPS) is 28.3. The molecule has 1 aromatic carbocycles. The molecule has 0 radical (unpaired) electrons. The Morgan fingerprint density at radius 1 is 1.16 bits per heavy atom. The van der Waals surface area contributed by atoms with Crippen molar-refractivity contribution in [1.29, 1.82) is 0 Å². The number of allylic oxidation sites excluding steroid dienone is 2. The van der Waals surface area contributed by atoms with Crippen LogP contribution in [0, 0.1) is 17.8 Å². The molecule has 2 aliphatic carbocycles. The molecule has 98 valence electrons. The summed E-state index contributed by atoms with van der Waals surface area (Å²) in [6.07, 6.45) is 7.42. The van der Waals surface area contributed by atoms with Gasteiger partial charge in [-0.15, -0.1) is 0 Å². The summed E-state index contributed by atoms with van der Waals surface area (Å²) in [5, 5.41) is 3.50. The summed E-state index contributed by atoms with van der Waals surface area (Å²) in [7, 11) is 0. The van der Waals surface area contributed by atoms with Gasteiger partial charge in [-0.25, -0.2) is 4.79 Å². The summed E-state index contributed by atoms with van der Waals surface area (Å²) in [6, 6.07) is 5.96. The molecule has 0 saturated heterocycles. The van der Waals surface area contributed by atoms with E-state index in [0.29, 0.717) is 0 Å². The summed E-state index contributed by atoms with van der Waals surface area (Å²) >= 11 is 0. The first kappa shape index (κ1) is 10.9. The van der Waals surface area contributed by atoms with Crippen LogP contribution in [0.15, 0.2) is 35.1 Å². The van der Waals surface area contributed by atoms with Gasteiger partial charge in [-0.05, 0) is 48.8 Å². The van der Waals surface area contributed by atoms with Crippen molar-refractivity contribution in [1.82, 2.24) is 9.97 Å². The number of hydrogen-bond donors (Lipinski definition) is 3. The molecule has 19 heavy (non-hydrogen) atoms. The van der Waals surface area contributed by atoms with E-state index < -0.39 is 0 Å². The molecule has 2 aromatic rings. The number of anilines is 1. The number of nitrogens with one attached hydrogen (secondary N) is 3. The van der Waals surface area contributed by atoms with Crippen LogP contribution in [0.3, 0.4) is 0 Å². The van der Waals surface area contributed by atoms with Crippen molar-refractivity contribution < 1.29 is 0 Å². The van der Waals surface area contributed by atoms with Gasteiger partial charge >= 0.3 is 5.69 Å². The van der Waals surface area contributed by atoms with Gasteiger partial charge < -0.3 is 15.3 Å². The maximum atomic E-state index is 11.2. The minimum atomic E-state index is -0.148. The van der Waals surface area contributed by atoms with Gasteiger partial charge in [0.2, 0.25) is 0 Å². The summed E-state index contributed by atoms with van der Waals surface area (Å²) < 4.78 is 0. The lowest BCUT2D eigenvalue weighted by molar-refractivity contribution is 0.472. The molecule has 1 saturated carbocycles. The largest absolute Gasteiger partial charge is 0.385 e. The molecule has 4 heteroatoms. The molecular formula is C15H17N3O. The van der Waals surface area contributed by atoms with Crippen LogP contribution < -0.4 is 11.0 Å². The van der Waals surface area contributed by atoms with E-state index in [9.17, 15) is 4.79 Å². The van der Waals surface area contributed by atoms with E-state index in [1.165, 1.54) is 12.8 Å². The topological polar surface area (TPSA) is 60.7 Å². The van der Waals surface area contributed by atoms with E-state index in [-0.39, 0.29) is 5.69 Å². The Balaban J connectivity index is 1.49. The summed E-state index contributed by atoms with van der Waals surface area (Å²) in [5.41, 5.74) is 2.65. The van der Waals surface area contributed by atoms with Crippen LogP contribution in [0.4, 0.5) is 5.69 Å². The molecule has 3 N–H and O–H groups in total. The molecule has 3 atom stereocenters. The van der Waals surface area contributed by atoms with Crippen molar-refractivity contribution in [2.24, 2.45) is 17.8 Å². The Bertz CT molecular complexity index is 697. The van der Waals surface area contributed by atoms with Crippen LogP contribution in [0.1, 0.15) is 12.8 Å². The minimum absolute atomic E-state index is 0.148. The van der Waals surface area contributed by atoms with Gasteiger partial charge in [-0.2, -0.15) is 0 Å². The molecule has 1 fully saturated rings. The van der Waals surface area contributed by atoms with Crippen molar-refractivity contribution in [3.63, 3.8) is 0 Å². The maximum absolute atomic E-state index is 11.2. The Morgan fingerprint density at radius 3 is 2.84 bits per heavy atom. The SMILES string of the molecule is O=c1[nH]c2ccc(NCC3CC4C=CC3C4)cc2[nH]1. The second-order valence-electron chi connectivity index (χ2n) is 5.76. The first-order chi connectivity index (χ1) is 9.28. The highest BCUT2D eigenvalue weighted by molar-refractivity contribution is 5.78. The number of hydrogen-bond acceptors (Lipinski definition) is 2. The van der Waals surface area contributed by atoms with E-state index in [0.717, 1.165) is 41.0 Å². The smallest absolute Gasteiger partial charge is 0.323 e. The second kappa shape index (κ2) is 4.02. The third-order valence-electron chi connectivity index (χ3n) is 4.50. The van der Waals surface area contributed by atoms with Crippen molar-refractivity contribution in [3.05, 3.63) is 40.8 Å². The summed E-state index contributed by atoms with van der Waals surface area (Å²) in [5.74, 6) is 2.35. The van der Waals surface area contributed by atoms with Crippen LogP contribution in [-0.2, 0) is 0 Å². The van der Waals surface area contributed by atoms with Crippen LogP contribution >= 0.6 is 0 Å². The Hall–Kier alpha value is -1.97. The first-order valence-electron chi connectivity index (χ1n) is 6.92. The fraction of sp³-hybridized carbons (Fsp3) is 0.400. The average molecular weight is 255 g/mol. The lowest BCUT2D eigenvalue weighted by Crippen LogP contribution is -2.18. The van der Waals surface area contributed by atoms with Gasteiger partial charge in [-0.3, -0.25) is 0 Å². The zero-order chi connectivity index (χ0) is 12.8. The highest BCUT2D eigenvalue weighted by Gasteiger charge is 2.35. The standard InChI is InChI=1S/C15H17N3O/c19-15-17-13-4-3-12(7-14(13)18-15)16-8-11-6-9-1-2-10(11)5-9/h1-4,7,9-11,16H,5-6,8H2,(H2,17,18,19). The number of aromatic nitrogens is 2. The molecule has 0 amide bonds. The molecule has 2 bridgehead atoms. The highest BCUT2D eigenvalue weighted by Crippen LogP contribution is 2.43. The zero-order valence-corrected chi connectivity index (χ0v) is 10.6. The van der Waals surface area contributed by atoms with Crippen molar-refractivity contribution >= 4 is 16.7 Å². The fourth-order valence-corrected chi connectivity index (χ4v) is 3.52. The summed E-state index contributed by atoms with van der Waals surface area (Å²) in [6.45, 7) is 1.02. The molecular weight excluding hydrogens is 238 g/mol. The van der Waals surface area contributed by atoms with E-state index in [4.69, 9.17) is 0 Å². The molecule has 1 aromatic heterocycles. The molecule has 2 aliphatic rings. The van der Waals surface area contributed by atoms with Gasteiger partial charge in [0.1, 0.15) is 0 Å². The minimum Gasteiger partial charge on any atom is -0.385 e. The second-order valence-corrected chi connectivity index (χ2v) is 5.76. The predicted octanol–water partition coefficient (Wildman–Crippen LogP) is 2.48. The number of imidazole rings is 1. The van der Waals surface area contributed by atoms with Gasteiger partial charge in [0.15, 0.2) is 0 Å². The van der Waals surface area contributed by atoms with E-state index >= 15 is 0 Å². The lowest BCUT2D eigenvalue weighted by atomic mass is 9.93. The van der Waals surface area contributed by atoms with Crippen LogP contribution in [-0.4, -0.2) is 16.5 Å². The van der Waals surface area contributed by atoms with Crippen LogP contribution in [0.5, 0.6) is 0 Å². The Morgan fingerprint density at radius 2 is 2.05 bits per heavy atom. The zero-order valence-electron chi connectivity index (χ0n) is 10.6. The third-order valence-corrected chi connectivity index (χ3v) is 4.50. The number of H-pyrrole nitrogens is 2. The van der Waals surface area contributed by atoms with Gasteiger partial charge in [0.25, 0.3) is 0 Å². The van der Waals surface area contributed by atoms with Crippen molar-refractivity contribution in [2.45, 2.75) is 12.8 Å². The predicted molar refractivity (Wildman–Crippen MR) is 76.3 cm³/mol. The number of aromatic amines is 2. The van der Waals surface area contributed by atoms with Crippen molar-refractivity contribution in [2.75, 3.05) is 11.9 Å². The van der Waals surface area contributed by atoms with Crippen molar-refractivity contribution in [3.8, 4) is 0 Å². The summed E-state index contributed by atoms with van der Waals surface area (Å²) in [4.78, 5) is 16.8. The Kier molecular flexibility index (Phi) is 2.31. The number of rotatable bonds is 3. The molecule has 0 spiro atoms. The molecule has 3 unspecified atom stereocenters. The fourth-order valence-electron chi connectivity index (χ4n) is 3.52. The molecule has 4 rings (SSSR count). The van der Waals surface area contributed by atoms with Crippen LogP contribution in [0.25, 0.3) is 11.0 Å². The lowest BCUT2D eigenvalue weighted by Gasteiger charge is -2.19. The van der Waals surface area contributed by atoms with Crippen LogP contribution in [0.2, 0.25) is 0 Å². The average Bonchev–Trinajstić information content (AvgIpc) is 3.08.